The first-order valence-electron chi connectivity index (χ1n) is 5.56. The van der Waals surface area contributed by atoms with Gasteiger partial charge in [0, 0.05) is 6.20 Å². The van der Waals surface area contributed by atoms with Gasteiger partial charge in [-0.05, 0) is 36.8 Å². The molecule has 1 aromatic heterocycles. The SMILES string of the molecule is Cc1cncc(NS(=O)(=O)c2cc(C#N)ccc2Cl)c1. The third-order valence-electron chi connectivity index (χ3n) is 2.48. The maximum absolute atomic E-state index is 12.3. The number of hydrogen-bond donors (Lipinski definition) is 1. The fourth-order valence-electron chi connectivity index (χ4n) is 1.60. The van der Waals surface area contributed by atoms with Gasteiger partial charge in [-0.3, -0.25) is 9.71 Å². The van der Waals surface area contributed by atoms with Crippen molar-refractivity contribution < 1.29 is 8.42 Å². The summed E-state index contributed by atoms with van der Waals surface area (Å²) in [7, 11) is -3.87. The van der Waals surface area contributed by atoms with E-state index in [-0.39, 0.29) is 15.5 Å². The minimum Gasteiger partial charge on any atom is -0.278 e. The topological polar surface area (TPSA) is 82.8 Å². The number of rotatable bonds is 3. The Bertz CT molecular complexity index is 798. The summed E-state index contributed by atoms with van der Waals surface area (Å²) in [4.78, 5) is 3.77. The van der Waals surface area contributed by atoms with Crippen LogP contribution in [0.1, 0.15) is 11.1 Å². The quantitative estimate of drug-likeness (QED) is 0.945. The lowest BCUT2D eigenvalue weighted by atomic mass is 10.2. The molecule has 0 bridgehead atoms. The van der Waals surface area contributed by atoms with E-state index in [0.717, 1.165) is 5.56 Å². The van der Waals surface area contributed by atoms with E-state index in [0.29, 0.717) is 5.69 Å². The minimum absolute atomic E-state index is 0.0529. The Labute approximate surface area is 121 Å². The number of halogens is 1. The molecule has 0 aliphatic rings. The van der Waals surface area contributed by atoms with Crippen molar-refractivity contribution in [3.63, 3.8) is 0 Å². The number of sulfonamides is 1. The molecule has 0 radical (unpaired) electrons. The minimum atomic E-state index is -3.87. The van der Waals surface area contributed by atoms with Gasteiger partial charge >= 0.3 is 0 Å². The van der Waals surface area contributed by atoms with Crippen LogP contribution in [0.25, 0.3) is 0 Å². The number of aryl methyl sites for hydroxylation is 1. The molecule has 5 nitrogen and oxygen atoms in total. The Morgan fingerprint density at radius 3 is 2.70 bits per heavy atom. The molecule has 7 heteroatoms. The lowest BCUT2D eigenvalue weighted by Gasteiger charge is -2.09. The van der Waals surface area contributed by atoms with Gasteiger partial charge in [0.05, 0.1) is 28.5 Å². The largest absolute Gasteiger partial charge is 0.278 e. The van der Waals surface area contributed by atoms with E-state index in [4.69, 9.17) is 16.9 Å². The first kappa shape index (κ1) is 14.3. The summed E-state index contributed by atoms with van der Waals surface area (Å²) in [5.41, 5.74) is 1.38. The van der Waals surface area contributed by atoms with Crippen LogP contribution in [0.15, 0.2) is 41.6 Å². The fourth-order valence-corrected chi connectivity index (χ4v) is 3.16. The fraction of sp³-hybridized carbons (Fsp3) is 0.0769. The predicted octanol–water partition coefficient (Wildman–Crippen LogP) is 2.72. The maximum atomic E-state index is 12.3. The summed E-state index contributed by atoms with van der Waals surface area (Å²) in [6.07, 6.45) is 3.01. The second-order valence-corrected chi connectivity index (χ2v) is 6.17. The van der Waals surface area contributed by atoms with Crippen LogP contribution in [0.4, 0.5) is 5.69 Å². The van der Waals surface area contributed by atoms with Gasteiger partial charge in [0.2, 0.25) is 0 Å². The Balaban J connectivity index is 2.43. The third kappa shape index (κ3) is 3.07. The van der Waals surface area contributed by atoms with Crippen molar-refractivity contribution >= 4 is 27.3 Å². The Kier molecular flexibility index (Phi) is 3.93. The molecule has 0 spiro atoms. The summed E-state index contributed by atoms with van der Waals surface area (Å²) < 4.78 is 26.9. The smallest absolute Gasteiger partial charge is 0.263 e. The van der Waals surface area contributed by atoms with Crippen molar-refractivity contribution in [3.05, 3.63) is 52.8 Å². The number of benzene rings is 1. The molecule has 0 atom stereocenters. The van der Waals surface area contributed by atoms with Gasteiger partial charge in [0.25, 0.3) is 10.0 Å². The van der Waals surface area contributed by atoms with Crippen molar-refractivity contribution in [2.24, 2.45) is 0 Å². The second-order valence-electron chi connectivity index (χ2n) is 4.11. The maximum Gasteiger partial charge on any atom is 0.263 e. The van der Waals surface area contributed by atoms with Crippen LogP contribution in [0.3, 0.4) is 0 Å². The van der Waals surface area contributed by atoms with Crippen molar-refractivity contribution in [2.75, 3.05) is 4.72 Å². The van der Waals surface area contributed by atoms with Crippen LogP contribution < -0.4 is 4.72 Å². The van der Waals surface area contributed by atoms with Gasteiger partial charge in [-0.2, -0.15) is 5.26 Å². The van der Waals surface area contributed by atoms with E-state index in [9.17, 15) is 8.42 Å². The Morgan fingerprint density at radius 1 is 1.30 bits per heavy atom. The normalized spacial score (nSPS) is 10.8. The zero-order valence-electron chi connectivity index (χ0n) is 10.5. The zero-order valence-corrected chi connectivity index (χ0v) is 12.0. The van der Waals surface area contributed by atoms with E-state index < -0.39 is 10.0 Å². The van der Waals surface area contributed by atoms with Gasteiger partial charge in [0.1, 0.15) is 4.90 Å². The second kappa shape index (κ2) is 5.49. The summed E-state index contributed by atoms with van der Waals surface area (Å²) in [5, 5.41) is 8.88. The first-order chi connectivity index (χ1) is 9.42. The molecule has 2 rings (SSSR count). The molecule has 1 N–H and O–H groups in total. The molecule has 0 aliphatic heterocycles. The Morgan fingerprint density at radius 2 is 2.05 bits per heavy atom. The molecule has 0 unspecified atom stereocenters. The highest BCUT2D eigenvalue weighted by Gasteiger charge is 2.19. The summed E-state index contributed by atoms with van der Waals surface area (Å²) >= 11 is 5.89. The van der Waals surface area contributed by atoms with Gasteiger partial charge in [0.15, 0.2) is 0 Å². The number of nitrogens with zero attached hydrogens (tertiary/aromatic N) is 2. The molecule has 0 amide bonds. The van der Waals surface area contributed by atoms with E-state index in [2.05, 4.69) is 9.71 Å². The molecule has 20 heavy (non-hydrogen) atoms. The predicted molar refractivity (Wildman–Crippen MR) is 75.9 cm³/mol. The molecular formula is C13H10ClN3O2S. The molecule has 0 saturated carbocycles. The molecule has 1 heterocycles. The van der Waals surface area contributed by atoms with Crippen molar-refractivity contribution in [1.82, 2.24) is 4.98 Å². The molecule has 0 saturated heterocycles. The summed E-state index contributed by atoms with van der Waals surface area (Å²) in [6.45, 7) is 1.80. The van der Waals surface area contributed by atoms with Crippen LogP contribution in [0.2, 0.25) is 5.02 Å². The highest BCUT2D eigenvalue weighted by molar-refractivity contribution is 7.92. The van der Waals surface area contributed by atoms with Gasteiger partial charge < -0.3 is 0 Å². The van der Waals surface area contributed by atoms with Crippen LogP contribution in [-0.2, 0) is 10.0 Å². The van der Waals surface area contributed by atoms with Crippen molar-refractivity contribution in [2.45, 2.75) is 11.8 Å². The lowest BCUT2D eigenvalue weighted by Crippen LogP contribution is -2.14. The number of anilines is 1. The monoisotopic (exact) mass is 307 g/mol. The first-order valence-corrected chi connectivity index (χ1v) is 7.42. The average molecular weight is 308 g/mol. The molecule has 0 fully saturated rings. The zero-order chi connectivity index (χ0) is 14.8. The summed E-state index contributed by atoms with van der Waals surface area (Å²) in [6, 6.07) is 7.58. The van der Waals surface area contributed by atoms with Crippen LogP contribution in [0.5, 0.6) is 0 Å². The van der Waals surface area contributed by atoms with Gasteiger partial charge in [-0.15, -0.1) is 0 Å². The molecule has 1 aromatic carbocycles. The van der Waals surface area contributed by atoms with E-state index in [1.54, 1.807) is 19.2 Å². The van der Waals surface area contributed by atoms with Crippen LogP contribution >= 0.6 is 11.6 Å². The van der Waals surface area contributed by atoms with Crippen molar-refractivity contribution in [3.8, 4) is 6.07 Å². The number of nitriles is 1. The number of aromatic nitrogens is 1. The van der Waals surface area contributed by atoms with Crippen LogP contribution in [-0.4, -0.2) is 13.4 Å². The molecule has 0 aliphatic carbocycles. The third-order valence-corrected chi connectivity index (χ3v) is 4.34. The van der Waals surface area contributed by atoms with E-state index >= 15 is 0 Å². The molecule has 2 aromatic rings. The number of hydrogen-bond acceptors (Lipinski definition) is 4. The number of pyridine rings is 1. The molecular weight excluding hydrogens is 298 g/mol. The highest BCUT2D eigenvalue weighted by atomic mass is 35.5. The van der Waals surface area contributed by atoms with E-state index in [1.807, 2.05) is 6.07 Å². The van der Waals surface area contributed by atoms with E-state index in [1.165, 1.54) is 24.4 Å². The lowest BCUT2D eigenvalue weighted by molar-refractivity contribution is 0.601. The van der Waals surface area contributed by atoms with Gasteiger partial charge in [-0.25, -0.2) is 8.42 Å². The van der Waals surface area contributed by atoms with Gasteiger partial charge in [-0.1, -0.05) is 11.6 Å². The Hall–Kier alpha value is -2.10. The number of nitrogens with one attached hydrogen (secondary N) is 1. The average Bonchev–Trinajstić information content (AvgIpc) is 2.38. The molecule has 102 valence electrons. The summed E-state index contributed by atoms with van der Waals surface area (Å²) in [5.74, 6) is 0. The van der Waals surface area contributed by atoms with Crippen LogP contribution in [0, 0.1) is 18.3 Å². The van der Waals surface area contributed by atoms with Crippen molar-refractivity contribution in [1.29, 1.82) is 5.26 Å². The highest BCUT2D eigenvalue weighted by Crippen LogP contribution is 2.24. The standard InChI is InChI=1S/C13H10ClN3O2S/c1-9-4-11(8-16-7-9)17-20(18,19)13-5-10(6-15)2-3-12(13)14/h2-5,7-8,17H,1H3.